The van der Waals surface area contributed by atoms with Gasteiger partial charge in [-0.3, -0.25) is 0 Å². The van der Waals surface area contributed by atoms with Crippen LogP contribution in [0.2, 0.25) is 0 Å². The fourth-order valence-electron chi connectivity index (χ4n) is 2.65. The zero-order chi connectivity index (χ0) is 12.1. The molecule has 17 heavy (non-hydrogen) atoms. The Balaban J connectivity index is 1.65. The molecule has 1 saturated carbocycles. The third-order valence-electron chi connectivity index (χ3n) is 4.01. The molecule has 1 aliphatic carbocycles. The lowest BCUT2D eigenvalue weighted by Crippen LogP contribution is -2.28. The van der Waals surface area contributed by atoms with E-state index in [0.717, 1.165) is 24.9 Å². The summed E-state index contributed by atoms with van der Waals surface area (Å²) in [6.07, 6.45) is 5.38. The van der Waals surface area contributed by atoms with Crippen LogP contribution in [0.15, 0.2) is 10.8 Å². The largest absolute Gasteiger partial charge is 0.330 e. The molecule has 1 fully saturated rings. The molecule has 0 spiro atoms. The molecule has 2 rings (SSSR count). The zero-order valence-corrected chi connectivity index (χ0v) is 11.6. The van der Waals surface area contributed by atoms with Crippen LogP contribution in [0.4, 0.5) is 0 Å². The van der Waals surface area contributed by atoms with E-state index in [9.17, 15) is 0 Å². The summed E-state index contributed by atoms with van der Waals surface area (Å²) in [6.45, 7) is 5.28. The van der Waals surface area contributed by atoms with Gasteiger partial charge >= 0.3 is 0 Å². The van der Waals surface area contributed by atoms with Crippen molar-refractivity contribution < 1.29 is 0 Å². The monoisotopic (exact) mass is 252 g/mol. The number of rotatable bonds is 5. The third-order valence-corrected chi connectivity index (χ3v) is 4.92. The van der Waals surface area contributed by atoms with Crippen LogP contribution in [0.1, 0.15) is 36.8 Å². The first kappa shape index (κ1) is 13.1. The number of hydrogen-bond acceptors (Lipinski definition) is 3. The van der Waals surface area contributed by atoms with Crippen LogP contribution in [0, 0.1) is 18.8 Å². The third kappa shape index (κ3) is 3.80. The highest BCUT2D eigenvalue weighted by Gasteiger charge is 2.19. The minimum atomic E-state index is 0.797. The lowest BCUT2D eigenvalue weighted by atomic mass is 9.82. The molecular weight excluding hydrogens is 228 g/mol. The Morgan fingerprint density at radius 3 is 2.53 bits per heavy atom. The fraction of sp³-hybridized carbons (Fsp3) is 0.714. The van der Waals surface area contributed by atoms with Crippen LogP contribution in [0.25, 0.3) is 0 Å². The zero-order valence-electron chi connectivity index (χ0n) is 10.7. The van der Waals surface area contributed by atoms with Crippen LogP contribution in [0.3, 0.4) is 0 Å². The fourth-order valence-corrected chi connectivity index (χ4v) is 3.51. The first-order valence-electron chi connectivity index (χ1n) is 6.72. The molecule has 0 aliphatic heterocycles. The van der Waals surface area contributed by atoms with Crippen molar-refractivity contribution in [3.8, 4) is 0 Å². The second-order valence-electron chi connectivity index (χ2n) is 5.33. The molecule has 1 heterocycles. The maximum atomic E-state index is 5.72. The van der Waals surface area contributed by atoms with Crippen LogP contribution < -0.4 is 11.1 Å². The highest BCUT2D eigenvalue weighted by atomic mass is 32.1. The minimum Gasteiger partial charge on any atom is -0.330 e. The Morgan fingerprint density at radius 1 is 1.24 bits per heavy atom. The van der Waals surface area contributed by atoms with E-state index in [-0.39, 0.29) is 0 Å². The molecule has 0 amide bonds. The molecule has 1 aromatic heterocycles. The van der Waals surface area contributed by atoms with Crippen molar-refractivity contribution in [1.82, 2.24) is 5.32 Å². The van der Waals surface area contributed by atoms with Gasteiger partial charge in [-0.05, 0) is 79.4 Å². The number of hydrogen-bond donors (Lipinski definition) is 2. The van der Waals surface area contributed by atoms with Gasteiger partial charge in [0.05, 0.1) is 0 Å². The SMILES string of the molecule is Cc1cscc1CNCC1CCC(CN)CC1. The van der Waals surface area contributed by atoms with Crippen molar-refractivity contribution in [1.29, 1.82) is 0 Å². The molecule has 0 radical (unpaired) electrons. The predicted molar refractivity (Wildman–Crippen MR) is 75.3 cm³/mol. The Morgan fingerprint density at radius 2 is 1.94 bits per heavy atom. The van der Waals surface area contributed by atoms with E-state index in [4.69, 9.17) is 5.73 Å². The Hall–Kier alpha value is -0.380. The topological polar surface area (TPSA) is 38.0 Å². The Bertz CT molecular complexity index is 327. The van der Waals surface area contributed by atoms with Gasteiger partial charge in [-0.1, -0.05) is 0 Å². The van der Waals surface area contributed by atoms with Crippen molar-refractivity contribution >= 4 is 11.3 Å². The van der Waals surface area contributed by atoms with Gasteiger partial charge in [0.25, 0.3) is 0 Å². The van der Waals surface area contributed by atoms with E-state index in [1.165, 1.54) is 43.4 Å². The van der Waals surface area contributed by atoms with Crippen LogP contribution >= 0.6 is 11.3 Å². The summed E-state index contributed by atoms with van der Waals surface area (Å²) in [5.74, 6) is 1.67. The van der Waals surface area contributed by atoms with Crippen LogP contribution in [-0.2, 0) is 6.54 Å². The summed E-state index contributed by atoms with van der Waals surface area (Å²) in [7, 11) is 0. The average molecular weight is 252 g/mol. The predicted octanol–water partition coefficient (Wildman–Crippen LogP) is 2.91. The number of aryl methyl sites for hydroxylation is 1. The summed E-state index contributed by atoms with van der Waals surface area (Å²) in [6, 6.07) is 0. The van der Waals surface area contributed by atoms with Crippen molar-refractivity contribution in [2.45, 2.75) is 39.2 Å². The van der Waals surface area contributed by atoms with E-state index in [2.05, 4.69) is 23.0 Å². The first-order chi connectivity index (χ1) is 8.29. The van der Waals surface area contributed by atoms with Gasteiger partial charge < -0.3 is 11.1 Å². The molecule has 0 aromatic carbocycles. The van der Waals surface area contributed by atoms with E-state index in [1.807, 2.05) is 0 Å². The molecule has 96 valence electrons. The summed E-state index contributed by atoms with van der Waals surface area (Å²) in [5, 5.41) is 8.09. The molecule has 3 N–H and O–H groups in total. The Labute approximate surface area is 109 Å². The maximum Gasteiger partial charge on any atom is 0.0216 e. The smallest absolute Gasteiger partial charge is 0.0216 e. The van der Waals surface area contributed by atoms with Gasteiger partial charge in [-0.25, -0.2) is 0 Å². The number of nitrogens with one attached hydrogen (secondary N) is 1. The molecule has 0 saturated heterocycles. The van der Waals surface area contributed by atoms with Crippen molar-refractivity contribution in [2.75, 3.05) is 13.1 Å². The normalized spacial score (nSPS) is 25.1. The van der Waals surface area contributed by atoms with Gasteiger partial charge in [0, 0.05) is 6.54 Å². The van der Waals surface area contributed by atoms with Gasteiger partial charge in [-0.2, -0.15) is 11.3 Å². The van der Waals surface area contributed by atoms with Crippen molar-refractivity contribution in [2.24, 2.45) is 17.6 Å². The summed E-state index contributed by atoms with van der Waals surface area (Å²) in [4.78, 5) is 0. The Kier molecular flexibility index (Phi) is 5.01. The van der Waals surface area contributed by atoms with Gasteiger partial charge in [0.1, 0.15) is 0 Å². The maximum absolute atomic E-state index is 5.72. The molecule has 0 bridgehead atoms. The lowest BCUT2D eigenvalue weighted by molar-refractivity contribution is 0.272. The molecule has 0 atom stereocenters. The highest BCUT2D eigenvalue weighted by molar-refractivity contribution is 7.08. The molecule has 0 unspecified atom stereocenters. The summed E-state index contributed by atoms with van der Waals surface area (Å²) >= 11 is 1.80. The highest BCUT2D eigenvalue weighted by Crippen LogP contribution is 2.27. The van der Waals surface area contributed by atoms with Gasteiger partial charge in [-0.15, -0.1) is 0 Å². The summed E-state index contributed by atoms with van der Waals surface area (Å²) in [5.41, 5.74) is 8.60. The van der Waals surface area contributed by atoms with Crippen LogP contribution in [-0.4, -0.2) is 13.1 Å². The average Bonchev–Trinajstić information content (AvgIpc) is 2.76. The van der Waals surface area contributed by atoms with Gasteiger partial charge in [0.2, 0.25) is 0 Å². The molecule has 2 nitrogen and oxygen atoms in total. The second-order valence-corrected chi connectivity index (χ2v) is 6.08. The second kappa shape index (κ2) is 6.53. The first-order valence-corrected chi connectivity index (χ1v) is 7.66. The minimum absolute atomic E-state index is 0.797. The van der Waals surface area contributed by atoms with Crippen molar-refractivity contribution in [3.05, 3.63) is 21.9 Å². The van der Waals surface area contributed by atoms with E-state index < -0.39 is 0 Å². The van der Waals surface area contributed by atoms with E-state index in [1.54, 1.807) is 11.3 Å². The molecule has 1 aliphatic rings. The van der Waals surface area contributed by atoms with E-state index in [0.29, 0.717) is 0 Å². The van der Waals surface area contributed by atoms with Crippen molar-refractivity contribution in [3.63, 3.8) is 0 Å². The van der Waals surface area contributed by atoms with Crippen LogP contribution in [0.5, 0.6) is 0 Å². The molecule has 1 aromatic rings. The summed E-state index contributed by atoms with van der Waals surface area (Å²) < 4.78 is 0. The number of nitrogens with two attached hydrogens (primary N) is 1. The number of thiophene rings is 1. The van der Waals surface area contributed by atoms with Gasteiger partial charge in [0.15, 0.2) is 0 Å². The van der Waals surface area contributed by atoms with E-state index >= 15 is 0 Å². The molecule has 3 heteroatoms. The lowest BCUT2D eigenvalue weighted by Gasteiger charge is -2.27. The standard InChI is InChI=1S/C14H24N2S/c1-11-9-17-10-14(11)8-16-7-13-4-2-12(6-15)3-5-13/h9-10,12-13,16H,2-8,15H2,1H3. The quantitative estimate of drug-likeness (QED) is 0.845. The molecular formula is C14H24N2S.